The first-order valence-electron chi connectivity index (χ1n) is 9.05. The lowest BCUT2D eigenvalue weighted by Crippen LogP contribution is -2.44. The smallest absolute Gasteiger partial charge is 0.270 e. The number of piperidine rings is 1. The van der Waals surface area contributed by atoms with Crippen LogP contribution in [0.3, 0.4) is 0 Å². The number of hydrogen-bond acceptors (Lipinski definition) is 3. The van der Waals surface area contributed by atoms with Crippen LogP contribution in [0.15, 0.2) is 35.2 Å². The summed E-state index contributed by atoms with van der Waals surface area (Å²) in [6, 6.07) is 8.29. The monoisotopic (exact) mass is 443 g/mol. The Kier molecular flexibility index (Phi) is 6.39. The molecule has 1 saturated heterocycles. The molecule has 6 nitrogen and oxygen atoms in total. The molecule has 9 heteroatoms. The Morgan fingerprint density at radius 2 is 1.93 bits per heavy atom. The van der Waals surface area contributed by atoms with Gasteiger partial charge >= 0.3 is 0 Å². The summed E-state index contributed by atoms with van der Waals surface area (Å²) < 4.78 is 29.2. The average Bonchev–Trinajstić information content (AvgIpc) is 2.94. The van der Waals surface area contributed by atoms with Crippen molar-refractivity contribution in [1.29, 1.82) is 0 Å². The first kappa shape index (κ1) is 21.2. The molecule has 0 bridgehead atoms. The summed E-state index contributed by atoms with van der Waals surface area (Å²) in [5.41, 5.74) is 1.43. The van der Waals surface area contributed by atoms with Crippen molar-refractivity contribution in [1.82, 2.24) is 14.2 Å². The fraction of sp³-hybridized carbons (Fsp3) is 0.421. The fourth-order valence-corrected chi connectivity index (χ4v) is 4.85. The maximum absolute atomic E-state index is 12.8. The number of likely N-dealkylation sites (tertiary alicyclic amines) is 1. The minimum Gasteiger partial charge on any atom is -0.337 e. The van der Waals surface area contributed by atoms with Gasteiger partial charge in [0.1, 0.15) is 10.8 Å². The van der Waals surface area contributed by atoms with E-state index in [0.29, 0.717) is 29.0 Å². The predicted molar refractivity (Wildman–Crippen MR) is 110 cm³/mol. The van der Waals surface area contributed by atoms with Gasteiger partial charge in [-0.1, -0.05) is 40.9 Å². The Hall–Kier alpha value is -1.54. The molecule has 0 aliphatic carbocycles. The molecule has 152 valence electrons. The normalized spacial score (nSPS) is 17.7. The summed E-state index contributed by atoms with van der Waals surface area (Å²) in [7, 11) is -1.87. The molecular weight excluding hydrogens is 421 g/mol. The minimum absolute atomic E-state index is 0.0455. The molecule has 2 heterocycles. The van der Waals surface area contributed by atoms with Gasteiger partial charge in [0.15, 0.2) is 0 Å². The third-order valence-corrected chi connectivity index (χ3v) is 7.32. The summed E-state index contributed by atoms with van der Waals surface area (Å²) in [6.07, 6.45) is 1.67. The molecule has 1 amide bonds. The Labute approximate surface area is 175 Å². The second kappa shape index (κ2) is 8.45. The molecule has 0 radical (unpaired) electrons. The van der Waals surface area contributed by atoms with Crippen molar-refractivity contribution < 1.29 is 13.2 Å². The van der Waals surface area contributed by atoms with Gasteiger partial charge in [0.25, 0.3) is 5.91 Å². The number of nitrogens with zero attached hydrogens (tertiary/aromatic N) is 2. The number of hydrogen-bond donors (Lipinski definition) is 1. The molecular formula is C19H23Cl2N3O3S. The molecule has 2 aromatic rings. The third kappa shape index (κ3) is 4.54. The van der Waals surface area contributed by atoms with Crippen LogP contribution in [0.25, 0.3) is 0 Å². The summed E-state index contributed by atoms with van der Waals surface area (Å²) in [4.78, 5) is 14.8. The molecule has 1 aromatic heterocycles. The van der Waals surface area contributed by atoms with E-state index in [1.165, 1.54) is 0 Å². The van der Waals surface area contributed by atoms with Crippen LogP contribution < -0.4 is 4.72 Å². The second-order valence-corrected chi connectivity index (χ2v) is 9.68. The maximum atomic E-state index is 12.8. The van der Waals surface area contributed by atoms with Crippen LogP contribution in [-0.2, 0) is 17.1 Å². The topological polar surface area (TPSA) is 71.4 Å². The molecule has 1 unspecified atom stereocenters. The largest absolute Gasteiger partial charge is 0.337 e. The molecule has 1 aromatic carbocycles. The number of benzene rings is 1. The lowest BCUT2D eigenvalue weighted by Gasteiger charge is -2.33. The van der Waals surface area contributed by atoms with Crippen LogP contribution in [0.2, 0.25) is 10.2 Å². The number of carbonyl (C=O) groups is 1. The Bertz CT molecular complexity index is 971. The lowest BCUT2D eigenvalue weighted by molar-refractivity contribution is 0.0666. The van der Waals surface area contributed by atoms with Crippen molar-refractivity contribution in [2.24, 2.45) is 13.0 Å². The maximum Gasteiger partial charge on any atom is 0.270 e. The van der Waals surface area contributed by atoms with Gasteiger partial charge in [-0.15, -0.1) is 0 Å². The molecule has 28 heavy (non-hydrogen) atoms. The number of aromatic nitrogens is 1. The highest BCUT2D eigenvalue weighted by molar-refractivity contribution is 7.89. The zero-order chi connectivity index (χ0) is 20.5. The number of amides is 1. The van der Waals surface area contributed by atoms with Gasteiger partial charge in [0.2, 0.25) is 10.0 Å². The van der Waals surface area contributed by atoms with Crippen molar-refractivity contribution >= 4 is 39.1 Å². The fourth-order valence-electron chi connectivity index (χ4n) is 3.35. The molecule has 1 atom stereocenters. The van der Waals surface area contributed by atoms with Gasteiger partial charge < -0.3 is 9.47 Å². The third-order valence-electron chi connectivity index (χ3n) is 5.03. The van der Waals surface area contributed by atoms with Gasteiger partial charge in [0.05, 0.1) is 9.92 Å². The number of aryl methyl sites for hydroxylation is 1. The summed E-state index contributed by atoms with van der Waals surface area (Å²) in [5.74, 6) is -0.105. The zero-order valence-electron chi connectivity index (χ0n) is 15.8. The first-order valence-corrected chi connectivity index (χ1v) is 11.3. The molecule has 1 N–H and O–H groups in total. The van der Waals surface area contributed by atoms with Crippen molar-refractivity contribution in [3.05, 3.63) is 51.8 Å². The van der Waals surface area contributed by atoms with E-state index in [-0.39, 0.29) is 23.3 Å². The van der Waals surface area contributed by atoms with Crippen LogP contribution in [-0.4, -0.2) is 43.4 Å². The van der Waals surface area contributed by atoms with E-state index < -0.39 is 10.0 Å². The Balaban J connectivity index is 1.64. The summed E-state index contributed by atoms with van der Waals surface area (Å²) >= 11 is 12.1. The number of halogens is 2. The predicted octanol–water partition coefficient (Wildman–Crippen LogP) is 3.47. The van der Waals surface area contributed by atoms with Crippen molar-refractivity contribution in [2.45, 2.75) is 24.7 Å². The molecule has 1 aliphatic heterocycles. The summed E-state index contributed by atoms with van der Waals surface area (Å²) in [5, 5.41) is 0.663. The van der Waals surface area contributed by atoms with Crippen LogP contribution in [0, 0.1) is 12.8 Å². The van der Waals surface area contributed by atoms with Crippen LogP contribution in [0.1, 0.15) is 28.9 Å². The molecule has 3 rings (SSSR count). The number of sulfonamides is 1. The number of carbonyl (C=O) groups excluding carboxylic acids is 1. The summed E-state index contributed by atoms with van der Waals surface area (Å²) in [6.45, 7) is 3.30. The quantitative estimate of drug-likeness (QED) is 0.768. The van der Waals surface area contributed by atoms with Gasteiger partial charge in [-0.05, 0) is 43.9 Å². The first-order chi connectivity index (χ1) is 13.2. The van der Waals surface area contributed by atoms with E-state index in [2.05, 4.69) is 4.72 Å². The van der Waals surface area contributed by atoms with Gasteiger partial charge in [0, 0.05) is 26.7 Å². The Morgan fingerprint density at radius 1 is 1.25 bits per heavy atom. The van der Waals surface area contributed by atoms with E-state index in [1.807, 2.05) is 6.92 Å². The van der Waals surface area contributed by atoms with Crippen LogP contribution in [0.5, 0.6) is 0 Å². The molecule has 0 spiro atoms. The standard InChI is InChI=1S/C19H23Cl2N3O3S/c1-13-5-7-15(8-6-13)28(26,27)22-11-14-4-3-9-24(12-14)19(25)17-10-16(20)18(21)23(17)2/h5-8,10,14,22H,3-4,9,11-12H2,1-2H3. The average molecular weight is 444 g/mol. The number of nitrogens with one attached hydrogen (secondary N) is 1. The van der Waals surface area contributed by atoms with Gasteiger partial charge in [-0.2, -0.15) is 0 Å². The van der Waals surface area contributed by atoms with E-state index in [4.69, 9.17) is 23.2 Å². The van der Waals surface area contributed by atoms with E-state index in [1.54, 1.807) is 46.8 Å². The highest BCUT2D eigenvalue weighted by atomic mass is 35.5. The lowest BCUT2D eigenvalue weighted by atomic mass is 9.98. The number of rotatable bonds is 5. The molecule has 0 saturated carbocycles. The van der Waals surface area contributed by atoms with Crippen molar-refractivity contribution in [2.75, 3.05) is 19.6 Å². The SMILES string of the molecule is Cc1ccc(S(=O)(=O)NCC2CCCN(C(=O)c3cc(Cl)c(Cl)n3C)C2)cc1. The van der Waals surface area contributed by atoms with Crippen molar-refractivity contribution in [3.8, 4) is 0 Å². The minimum atomic E-state index is -3.57. The second-order valence-electron chi connectivity index (χ2n) is 7.15. The van der Waals surface area contributed by atoms with Crippen molar-refractivity contribution in [3.63, 3.8) is 0 Å². The van der Waals surface area contributed by atoms with Gasteiger partial charge in [-0.3, -0.25) is 4.79 Å². The van der Waals surface area contributed by atoms with Gasteiger partial charge in [-0.25, -0.2) is 13.1 Å². The van der Waals surface area contributed by atoms with Crippen LogP contribution in [0.4, 0.5) is 0 Å². The zero-order valence-corrected chi connectivity index (χ0v) is 18.1. The highest BCUT2D eigenvalue weighted by Gasteiger charge is 2.28. The highest BCUT2D eigenvalue weighted by Crippen LogP contribution is 2.27. The van der Waals surface area contributed by atoms with E-state index in [9.17, 15) is 13.2 Å². The van der Waals surface area contributed by atoms with E-state index >= 15 is 0 Å². The molecule has 1 aliphatic rings. The molecule has 1 fully saturated rings. The van der Waals surface area contributed by atoms with Crippen LogP contribution >= 0.6 is 23.2 Å². The van der Waals surface area contributed by atoms with E-state index in [0.717, 1.165) is 18.4 Å². The Morgan fingerprint density at radius 3 is 2.54 bits per heavy atom.